The number of carbonyl (C=O) groups excluding carboxylic acids is 1. The van der Waals surface area contributed by atoms with Crippen molar-refractivity contribution in [2.75, 3.05) is 0 Å². The Labute approximate surface area is 133 Å². The van der Waals surface area contributed by atoms with Crippen molar-refractivity contribution in [1.29, 1.82) is 0 Å². The zero-order valence-electron chi connectivity index (χ0n) is 11.8. The molecule has 0 fully saturated rings. The van der Waals surface area contributed by atoms with Gasteiger partial charge in [-0.3, -0.25) is 9.78 Å². The molecule has 0 spiro atoms. The van der Waals surface area contributed by atoms with Gasteiger partial charge in [-0.2, -0.15) is 0 Å². The van der Waals surface area contributed by atoms with E-state index in [4.69, 9.17) is 11.6 Å². The van der Waals surface area contributed by atoms with E-state index in [-0.39, 0.29) is 5.91 Å². The largest absolute Gasteiger partial charge is 0.309 e. The zero-order valence-corrected chi connectivity index (χ0v) is 12.5. The van der Waals surface area contributed by atoms with Crippen molar-refractivity contribution in [3.8, 4) is 0 Å². The fourth-order valence-corrected chi connectivity index (χ4v) is 2.28. The van der Waals surface area contributed by atoms with Gasteiger partial charge in [0.2, 0.25) is 0 Å². The predicted molar refractivity (Wildman–Crippen MR) is 87.6 cm³/mol. The summed E-state index contributed by atoms with van der Waals surface area (Å²) in [7, 11) is 0. The molecular weight excluding hydrogens is 298 g/mol. The second-order valence-electron chi connectivity index (χ2n) is 4.92. The maximum atomic E-state index is 11.9. The quantitative estimate of drug-likeness (QED) is 0.881. The molecule has 0 bridgehead atoms. The highest BCUT2D eigenvalue weighted by Crippen LogP contribution is 2.14. The second kappa shape index (κ2) is 6.54. The number of amides is 1. The fourth-order valence-electron chi connectivity index (χ4n) is 2.15. The van der Waals surface area contributed by atoms with Crippen LogP contribution in [0, 0.1) is 0 Å². The van der Waals surface area contributed by atoms with Gasteiger partial charge in [0.25, 0.3) is 5.91 Å². The smallest absolute Gasteiger partial charge is 0.275 e. The Morgan fingerprint density at radius 3 is 2.64 bits per heavy atom. The number of hydrogen-bond donors (Lipinski definition) is 1. The first kappa shape index (κ1) is 14.5. The molecule has 2 aromatic rings. The van der Waals surface area contributed by atoms with E-state index in [1.165, 1.54) is 0 Å². The van der Waals surface area contributed by atoms with Crippen LogP contribution in [0.5, 0.6) is 0 Å². The Balaban J connectivity index is 1.68. The van der Waals surface area contributed by atoms with Gasteiger partial charge in [-0.15, -0.1) is 0 Å². The number of pyridine rings is 1. The lowest BCUT2D eigenvalue weighted by molar-refractivity contribution is -0.115. The van der Waals surface area contributed by atoms with Gasteiger partial charge >= 0.3 is 0 Å². The van der Waals surface area contributed by atoms with Crippen LogP contribution >= 0.6 is 11.6 Å². The minimum absolute atomic E-state index is 0.184. The first-order chi connectivity index (χ1) is 10.7. The van der Waals surface area contributed by atoms with Crippen molar-refractivity contribution < 1.29 is 4.79 Å². The highest BCUT2D eigenvalue weighted by Gasteiger charge is 2.19. The van der Waals surface area contributed by atoms with Crippen molar-refractivity contribution in [3.05, 3.63) is 70.6 Å². The van der Waals surface area contributed by atoms with Gasteiger partial charge in [0.05, 0.1) is 5.69 Å². The Hall–Kier alpha value is -2.46. The summed E-state index contributed by atoms with van der Waals surface area (Å²) in [5.41, 5.74) is 2.27. The average Bonchev–Trinajstić information content (AvgIpc) is 2.88. The number of benzene rings is 1. The normalized spacial score (nSPS) is 15.8. The molecule has 1 aliphatic heterocycles. The van der Waals surface area contributed by atoms with Gasteiger partial charge in [0.15, 0.2) is 0 Å². The van der Waals surface area contributed by atoms with E-state index in [1.54, 1.807) is 12.3 Å². The second-order valence-corrected chi connectivity index (χ2v) is 5.36. The third-order valence-electron chi connectivity index (χ3n) is 3.28. The van der Waals surface area contributed by atoms with E-state index < -0.39 is 0 Å². The van der Waals surface area contributed by atoms with E-state index in [0.29, 0.717) is 18.0 Å². The van der Waals surface area contributed by atoms with Gasteiger partial charge in [-0.05, 0) is 42.3 Å². The molecule has 0 saturated carbocycles. The number of rotatable bonds is 4. The van der Waals surface area contributed by atoms with Crippen LogP contribution in [-0.2, 0) is 11.2 Å². The topological polar surface area (TPSA) is 54.4 Å². The summed E-state index contributed by atoms with van der Waals surface area (Å²) >= 11 is 5.86. The van der Waals surface area contributed by atoms with Crippen LogP contribution in [0.3, 0.4) is 0 Å². The minimum Gasteiger partial charge on any atom is -0.309 e. The van der Waals surface area contributed by atoms with Gasteiger partial charge in [-0.25, -0.2) is 4.99 Å². The van der Waals surface area contributed by atoms with E-state index in [9.17, 15) is 4.79 Å². The molecule has 0 aliphatic carbocycles. The molecule has 1 N–H and O–H groups in total. The van der Waals surface area contributed by atoms with Gasteiger partial charge in [0.1, 0.15) is 11.5 Å². The molecular formula is C17H14ClN3O. The maximum Gasteiger partial charge on any atom is 0.275 e. The molecule has 1 aliphatic rings. The summed E-state index contributed by atoms with van der Waals surface area (Å²) in [6, 6.07) is 13.2. The third-order valence-corrected chi connectivity index (χ3v) is 3.53. The molecule has 1 amide bonds. The van der Waals surface area contributed by atoms with Crippen molar-refractivity contribution in [3.63, 3.8) is 0 Å². The first-order valence-corrected chi connectivity index (χ1v) is 7.34. The standard InChI is InChI=1S/C17H14ClN3O/c18-13-7-4-12(5-8-13)6-9-16-20-15(17(22)21-16)11-14-3-1-2-10-19-14/h1-5,7-8,10-11H,6,9H2,(H,20,21,22)/b15-11+. The van der Waals surface area contributed by atoms with Gasteiger partial charge in [0, 0.05) is 17.6 Å². The first-order valence-electron chi connectivity index (χ1n) is 6.97. The number of halogens is 1. The van der Waals surface area contributed by atoms with Crippen molar-refractivity contribution in [1.82, 2.24) is 10.3 Å². The fraction of sp³-hybridized carbons (Fsp3) is 0.118. The number of carbonyl (C=O) groups is 1. The summed E-state index contributed by atoms with van der Waals surface area (Å²) in [6.07, 6.45) is 4.84. The molecule has 1 aromatic heterocycles. The lowest BCUT2D eigenvalue weighted by Crippen LogP contribution is -2.24. The van der Waals surface area contributed by atoms with Crippen LogP contribution in [0.2, 0.25) is 5.02 Å². The highest BCUT2D eigenvalue weighted by atomic mass is 35.5. The number of aromatic nitrogens is 1. The van der Waals surface area contributed by atoms with Crippen LogP contribution in [0.1, 0.15) is 17.7 Å². The van der Waals surface area contributed by atoms with E-state index in [0.717, 1.165) is 22.7 Å². The Morgan fingerprint density at radius 2 is 1.91 bits per heavy atom. The average molecular weight is 312 g/mol. The number of amidine groups is 1. The van der Waals surface area contributed by atoms with Crippen molar-refractivity contribution in [2.24, 2.45) is 4.99 Å². The molecule has 0 unspecified atom stereocenters. The summed E-state index contributed by atoms with van der Waals surface area (Å²) in [5.74, 6) is 0.499. The molecule has 0 radical (unpaired) electrons. The van der Waals surface area contributed by atoms with E-state index in [1.807, 2.05) is 42.5 Å². The van der Waals surface area contributed by atoms with Crippen molar-refractivity contribution in [2.45, 2.75) is 12.8 Å². The van der Waals surface area contributed by atoms with E-state index >= 15 is 0 Å². The molecule has 5 heteroatoms. The molecule has 2 heterocycles. The molecule has 1 aromatic carbocycles. The number of aliphatic imine (C=N–C) groups is 1. The van der Waals surface area contributed by atoms with E-state index in [2.05, 4.69) is 15.3 Å². The number of aryl methyl sites for hydroxylation is 1. The number of nitrogens with zero attached hydrogens (tertiary/aromatic N) is 2. The Kier molecular flexibility index (Phi) is 4.30. The highest BCUT2D eigenvalue weighted by molar-refractivity contribution is 6.30. The molecule has 22 heavy (non-hydrogen) atoms. The SMILES string of the molecule is O=C1NC(CCc2ccc(Cl)cc2)=N/C1=C/c1ccccn1. The molecule has 0 saturated heterocycles. The predicted octanol–water partition coefficient (Wildman–Crippen LogP) is 3.24. The molecule has 3 rings (SSSR count). The zero-order chi connectivity index (χ0) is 15.4. The van der Waals surface area contributed by atoms with Crippen LogP contribution in [0.25, 0.3) is 6.08 Å². The number of hydrogen-bond acceptors (Lipinski definition) is 3. The maximum absolute atomic E-state index is 11.9. The summed E-state index contributed by atoms with van der Waals surface area (Å²) in [4.78, 5) is 20.4. The van der Waals surface area contributed by atoms with Crippen LogP contribution in [0.4, 0.5) is 0 Å². The van der Waals surface area contributed by atoms with Crippen molar-refractivity contribution >= 4 is 29.4 Å². The molecule has 110 valence electrons. The lowest BCUT2D eigenvalue weighted by Gasteiger charge is -2.01. The number of nitrogens with one attached hydrogen (secondary N) is 1. The molecule has 0 atom stereocenters. The lowest BCUT2D eigenvalue weighted by atomic mass is 10.1. The van der Waals surface area contributed by atoms with Crippen LogP contribution in [0.15, 0.2) is 59.4 Å². The minimum atomic E-state index is -0.184. The Morgan fingerprint density at radius 1 is 1.09 bits per heavy atom. The van der Waals surface area contributed by atoms with Gasteiger partial charge < -0.3 is 5.32 Å². The molecule has 4 nitrogen and oxygen atoms in total. The summed E-state index contributed by atoms with van der Waals surface area (Å²) < 4.78 is 0. The van der Waals surface area contributed by atoms with Gasteiger partial charge in [-0.1, -0.05) is 29.8 Å². The van der Waals surface area contributed by atoms with Crippen LogP contribution in [-0.4, -0.2) is 16.7 Å². The van der Waals surface area contributed by atoms with Crippen LogP contribution < -0.4 is 5.32 Å². The monoisotopic (exact) mass is 311 g/mol. The summed E-state index contributed by atoms with van der Waals surface area (Å²) in [6.45, 7) is 0. The Bertz CT molecular complexity index is 736. The third kappa shape index (κ3) is 3.59. The summed E-state index contributed by atoms with van der Waals surface area (Å²) in [5, 5.41) is 3.51.